The maximum absolute atomic E-state index is 12.3. The van der Waals surface area contributed by atoms with Crippen LogP contribution in [0.4, 0.5) is 0 Å². The minimum atomic E-state index is -0.390. The third kappa shape index (κ3) is 8.72. The molecule has 0 saturated heterocycles. The van der Waals surface area contributed by atoms with Gasteiger partial charge in [0, 0.05) is 6.08 Å². The number of nitrogens with zero attached hydrogens (tertiary/aromatic N) is 1. The summed E-state index contributed by atoms with van der Waals surface area (Å²) in [5, 5.41) is 8.72. The Labute approximate surface area is 151 Å². The van der Waals surface area contributed by atoms with Crippen LogP contribution in [0.2, 0.25) is 0 Å². The Bertz CT molecular complexity index is 636. The van der Waals surface area contributed by atoms with Crippen LogP contribution in [0.25, 0.3) is 6.08 Å². The standard InChI is InChI=1S/C22H27NO2/c1-3-5-11-19(4-2)18-25-22(24)21(16-10-17-23)15-9-14-20-12-7-6-8-13-20/h6-10,12-16,19H,3-5,11,18H2,1-2H3. The SMILES string of the molecule is CCCCC(CC)COC(=O)C(C=CC#N)=CC=Cc1ccccc1. The van der Waals surface area contributed by atoms with Crippen molar-refractivity contribution < 1.29 is 9.53 Å². The molecule has 0 heterocycles. The van der Waals surface area contributed by atoms with Crippen LogP contribution in [-0.2, 0) is 9.53 Å². The van der Waals surface area contributed by atoms with Crippen molar-refractivity contribution in [3.05, 3.63) is 65.8 Å². The van der Waals surface area contributed by atoms with Crippen LogP contribution in [-0.4, -0.2) is 12.6 Å². The van der Waals surface area contributed by atoms with Gasteiger partial charge >= 0.3 is 5.97 Å². The first-order chi connectivity index (χ1) is 12.2. The molecule has 1 rings (SSSR count). The molecule has 0 bridgehead atoms. The van der Waals surface area contributed by atoms with Crippen molar-refractivity contribution in [1.82, 2.24) is 0 Å². The molecule has 25 heavy (non-hydrogen) atoms. The van der Waals surface area contributed by atoms with Crippen molar-refractivity contribution in [1.29, 1.82) is 5.26 Å². The first-order valence-corrected chi connectivity index (χ1v) is 8.87. The molecule has 0 N–H and O–H groups in total. The molecule has 1 aromatic carbocycles. The third-order valence-corrected chi connectivity index (χ3v) is 3.93. The van der Waals surface area contributed by atoms with Crippen molar-refractivity contribution in [2.24, 2.45) is 5.92 Å². The Kier molecular flexibility index (Phi) is 10.4. The monoisotopic (exact) mass is 337 g/mol. The first-order valence-electron chi connectivity index (χ1n) is 8.87. The summed E-state index contributed by atoms with van der Waals surface area (Å²) in [6.45, 7) is 4.70. The second kappa shape index (κ2) is 12.8. The zero-order chi connectivity index (χ0) is 18.3. The Balaban J connectivity index is 2.72. The molecule has 0 fully saturated rings. The molecular weight excluding hydrogens is 310 g/mol. The molecule has 0 amide bonds. The van der Waals surface area contributed by atoms with Crippen molar-refractivity contribution in [3.8, 4) is 6.07 Å². The van der Waals surface area contributed by atoms with Crippen molar-refractivity contribution >= 4 is 12.0 Å². The highest BCUT2D eigenvalue weighted by atomic mass is 16.5. The second-order valence-corrected chi connectivity index (χ2v) is 5.87. The average Bonchev–Trinajstić information content (AvgIpc) is 2.65. The molecule has 0 radical (unpaired) electrons. The summed E-state index contributed by atoms with van der Waals surface area (Å²) >= 11 is 0. The molecule has 3 nitrogen and oxygen atoms in total. The number of ether oxygens (including phenoxy) is 1. The van der Waals surface area contributed by atoms with Crippen LogP contribution >= 0.6 is 0 Å². The number of nitriles is 1. The molecule has 1 unspecified atom stereocenters. The van der Waals surface area contributed by atoms with Crippen molar-refractivity contribution in [2.45, 2.75) is 39.5 Å². The van der Waals surface area contributed by atoms with Gasteiger partial charge in [0.2, 0.25) is 0 Å². The van der Waals surface area contributed by atoms with E-state index in [0.29, 0.717) is 18.1 Å². The summed E-state index contributed by atoms with van der Waals surface area (Å²) in [4.78, 5) is 12.3. The number of esters is 1. The Morgan fingerprint density at radius 3 is 2.68 bits per heavy atom. The topological polar surface area (TPSA) is 50.1 Å². The number of rotatable bonds is 10. The molecular formula is C22H27NO2. The van der Waals surface area contributed by atoms with E-state index < -0.39 is 0 Å². The van der Waals surface area contributed by atoms with Crippen LogP contribution in [0.3, 0.4) is 0 Å². The smallest absolute Gasteiger partial charge is 0.338 e. The predicted octanol–water partition coefficient (Wildman–Crippen LogP) is 5.47. The highest BCUT2D eigenvalue weighted by Crippen LogP contribution is 2.14. The molecule has 0 saturated carbocycles. The second-order valence-electron chi connectivity index (χ2n) is 5.87. The van der Waals surface area contributed by atoms with E-state index in [1.54, 1.807) is 12.2 Å². The third-order valence-electron chi connectivity index (χ3n) is 3.93. The summed E-state index contributed by atoms with van der Waals surface area (Å²) in [6, 6.07) is 11.7. The summed E-state index contributed by atoms with van der Waals surface area (Å²) in [6.07, 6.45) is 12.5. The Morgan fingerprint density at radius 2 is 2.04 bits per heavy atom. The molecule has 0 aliphatic rings. The lowest BCUT2D eigenvalue weighted by atomic mass is 10.0. The quantitative estimate of drug-likeness (QED) is 0.246. The molecule has 0 aromatic heterocycles. The van der Waals surface area contributed by atoms with Crippen molar-refractivity contribution in [3.63, 3.8) is 0 Å². The Hall–Kier alpha value is -2.60. The van der Waals surface area contributed by atoms with Crippen LogP contribution in [0.15, 0.2) is 60.2 Å². The number of allylic oxidation sites excluding steroid dienone is 3. The minimum absolute atomic E-state index is 0.374. The van der Waals surface area contributed by atoms with E-state index in [2.05, 4.69) is 13.8 Å². The van der Waals surface area contributed by atoms with E-state index in [1.165, 1.54) is 12.2 Å². The van der Waals surface area contributed by atoms with E-state index in [4.69, 9.17) is 10.00 Å². The van der Waals surface area contributed by atoms with Gasteiger partial charge in [0.1, 0.15) is 0 Å². The molecule has 3 heteroatoms. The Morgan fingerprint density at radius 1 is 1.28 bits per heavy atom. The minimum Gasteiger partial charge on any atom is -0.462 e. The van der Waals surface area contributed by atoms with Crippen LogP contribution in [0.5, 0.6) is 0 Å². The zero-order valence-corrected chi connectivity index (χ0v) is 15.2. The van der Waals surface area contributed by atoms with Gasteiger partial charge in [-0.15, -0.1) is 0 Å². The average molecular weight is 337 g/mol. The molecule has 0 spiro atoms. The van der Waals surface area contributed by atoms with Gasteiger partial charge in [0.15, 0.2) is 0 Å². The normalized spacial score (nSPS) is 13.1. The number of hydrogen-bond acceptors (Lipinski definition) is 3. The van der Waals surface area contributed by atoms with Gasteiger partial charge in [-0.2, -0.15) is 5.26 Å². The zero-order valence-electron chi connectivity index (χ0n) is 15.2. The fraction of sp³-hybridized carbons (Fsp3) is 0.364. The fourth-order valence-electron chi connectivity index (χ4n) is 2.32. The van der Waals surface area contributed by atoms with Gasteiger partial charge in [-0.1, -0.05) is 75.6 Å². The lowest BCUT2D eigenvalue weighted by Crippen LogP contribution is -2.14. The summed E-state index contributed by atoms with van der Waals surface area (Å²) in [5.74, 6) is 0.00381. The summed E-state index contributed by atoms with van der Waals surface area (Å²) in [5.41, 5.74) is 1.42. The highest BCUT2D eigenvalue weighted by molar-refractivity contribution is 5.92. The lowest BCUT2D eigenvalue weighted by molar-refractivity contribution is -0.140. The summed E-state index contributed by atoms with van der Waals surface area (Å²) < 4.78 is 5.45. The van der Waals surface area contributed by atoms with Crippen molar-refractivity contribution in [2.75, 3.05) is 6.61 Å². The molecule has 0 aliphatic carbocycles. The summed E-state index contributed by atoms with van der Waals surface area (Å²) in [7, 11) is 0. The predicted molar refractivity (Wildman–Crippen MR) is 103 cm³/mol. The fourth-order valence-corrected chi connectivity index (χ4v) is 2.32. The first kappa shape index (κ1) is 20.4. The number of unbranched alkanes of at least 4 members (excludes halogenated alkanes) is 1. The van der Waals surface area contributed by atoms with Crippen LogP contribution in [0, 0.1) is 17.2 Å². The van der Waals surface area contributed by atoms with E-state index in [-0.39, 0.29) is 5.97 Å². The van der Waals surface area contributed by atoms with Crippen LogP contribution in [0.1, 0.15) is 45.1 Å². The molecule has 0 aliphatic heterocycles. The molecule has 1 aromatic rings. The largest absolute Gasteiger partial charge is 0.462 e. The lowest BCUT2D eigenvalue weighted by Gasteiger charge is -2.14. The number of hydrogen-bond donors (Lipinski definition) is 0. The number of benzene rings is 1. The maximum atomic E-state index is 12.3. The maximum Gasteiger partial charge on any atom is 0.338 e. The molecule has 132 valence electrons. The molecule has 1 atom stereocenters. The van der Waals surface area contributed by atoms with E-state index in [1.807, 2.05) is 42.5 Å². The van der Waals surface area contributed by atoms with Gasteiger partial charge in [0.25, 0.3) is 0 Å². The van der Waals surface area contributed by atoms with Gasteiger partial charge in [-0.3, -0.25) is 0 Å². The van der Waals surface area contributed by atoms with Gasteiger partial charge in [-0.25, -0.2) is 4.79 Å². The van der Waals surface area contributed by atoms with Gasteiger partial charge in [0.05, 0.1) is 18.2 Å². The number of carbonyl (C=O) groups excluding carboxylic acids is 1. The van der Waals surface area contributed by atoms with E-state index in [0.717, 1.165) is 31.2 Å². The van der Waals surface area contributed by atoms with E-state index >= 15 is 0 Å². The number of carbonyl (C=O) groups is 1. The van der Waals surface area contributed by atoms with E-state index in [9.17, 15) is 4.79 Å². The highest BCUT2D eigenvalue weighted by Gasteiger charge is 2.12. The van der Waals surface area contributed by atoms with Gasteiger partial charge in [-0.05, 0) is 30.1 Å². The van der Waals surface area contributed by atoms with Crippen LogP contribution < -0.4 is 0 Å². The van der Waals surface area contributed by atoms with Gasteiger partial charge < -0.3 is 4.74 Å².